The molecule has 0 aliphatic rings. The van der Waals surface area contributed by atoms with E-state index >= 15 is 0 Å². The van der Waals surface area contributed by atoms with Crippen molar-refractivity contribution in [3.63, 3.8) is 0 Å². The molecule has 124 valence electrons. The van der Waals surface area contributed by atoms with E-state index in [1.165, 1.54) is 0 Å². The van der Waals surface area contributed by atoms with Crippen LogP contribution < -0.4 is 11.5 Å². The van der Waals surface area contributed by atoms with Gasteiger partial charge in [-0.05, 0) is 12.2 Å². The summed E-state index contributed by atoms with van der Waals surface area (Å²) in [5.41, 5.74) is 6.69. The van der Waals surface area contributed by atoms with Crippen molar-refractivity contribution in [1.82, 2.24) is 0 Å². The van der Waals surface area contributed by atoms with Crippen LogP contribution in [0.25, 0.3) is 0 Å². The third-order valence-corrected chi connectivity index (χ3v) is 2.65. The highest BCUT2D eigenvalue weighted by atomic mass is 16.4. The molecule has 0 aromatic heterocycles. The Morgan fingerprint density at radius 3 is 1.91 bits per heavy atom. The first-order valence-corrected chi connectivity index (χ1v) is 5.94. The Morgan fingerprint density at radius 1 is 1.00 bits per heavy atom. The first kappa shape index (κ1) is 19.9. The predicted octanol–water partition coefficient (Wildman–Crippen LogP) is -4.56. The van der Waals surface area contributed by atoms with Crippen molar-refractivity contribution in [2.24, 2.45) is 11.5 Å². The van der Waals surface area contributed by atoms with Crippen molar-refractivity contribution in [3.05, 3.63) is 24.3 Å². The first-order valence-electron chi connectivity index (χ1n) is 5.94. The van der Waals surface area contributed by atoms with Crippen LogP contribution in [-0.2, 0) is 14.4 Å². The second-order valence-corrected chi connectivity index (χ2v) is 4.35. The highest BCUT2D eigenvalue weighted by molar-refractivity contribution is 6.03. The average molecular weight is 318 g/mol. The lowest BCUT2D eigenvalue weighted by Crippen LogP contribution is -2.56. The zero-order valence-electron chi connectivity index (χ0n) is 11.4. The Bertz CT molecular complexity index is 490. The first-order chi connectivity index (χ1) is 10.1. The number of aliphatic hydroxyl groups is 5. The van der Waals surface area contributed by atoms with E-state index in [0.29, 0.717) is 24.3 Å². The fourth-order valence-electron chi connectivity index (χ4n) is 1.41. The maximum Gasteiger partial charge on any atom is 0.241 e. The molecule has 0 heterocycles. The Labute approximate surface area is 125 Å². The highest BCUT2D eigenvalue weighted by Crippen LogP contribution is 2.20. The van der Waals surface area contributed by atoms with Crippen molar-refractivity contribution in [2.75, 3.05) is 6.61 Å². The molecule has 0 saturated heterocycles. The second-order valence-electron chi connectivity index (χ2n) is 4.35. The molecule has 22 heavy (non-hydrogen) atoms. The van der Waals surface area contributed by atoms with Gasteiger partial charge in [0.15, 0.2) is 11.4 Å². The van der Waals surface area contributed by atoms with Gasteiger partial charge in [0.05, 0.1) is 6.61 Å². The zero-order chi connectivity index (χ0) is 17.5. The van der Waals surface area contributed by atoms with Gasteiger partial charge < -0.3 is 37.0 Å². The van der Waals surface area contributed by atoms with Crippen molar-refractivity contribution in [3.8, 4) is 0 Å². The molecule has 2 amide bonds. The van der Waals surface area contributed by atoms with Crippen LogP contribution >= 0.6 is 0 Å². The standard InChI is InChI=1S/C12H18N2O8/c13-8(18)2-1-7(17)12(22,4-3-9(14)19)11(21)10(20)6(16)5-15/h1-4,6,10-11,15-16,20-22H,5H2,(H2,13,18)(H2,14,19)/t6-,10-,11+,12+/m1/s1. The van der Waals surface area contributed by atoms with Gasteiger partial charge in [0.25, 0.3) is 0 Å². The number of carbonyl (C=O) groups is 3. The largest absolute Gasteiger partial charge is 0.394 e. The van der Waals surface area contributed by atoms with Gasteiger partial charge in [-0.25, -0.2) is 0 Å². The van der Waals surface area contributed by atoms with Crippen LogP contribution in [0.15, 0.2) is 24.3 Å². The van der Waals surface area contributed by atoms with Gasteiger partial charge in [-0.15, -0.1) is 0 Å². The van der Waals surface area contributed by atoms with Crippen LogP contribution in [0.1, 0.15) is 0 Å². The third-order valence-electron chi connectivity index (χ3n) is 2.65. The number of amides is 2. The van der Waals surface area contributed by atoms with Crippen molar-refractivity contribution in [1.29, 1.82) is 0 Å². The smallest absolute Gasteiger partial charge is 0.241 e. The minimum atomic E-state index is -2.89. The molecule has 0 aliphatic carbocycles. The van der Waals surface area contributed by atoms with E-state index in [4.69, 9.17) is 16.6 Å². The summed E-state index contributed by atoms with van der Waals surface area (Å²) >= 11 is 0. The molecule has 10 nitrogen and oxygen atoms in total. The molecule has 0 unspecified atom stereocenters. The van der Waals surface area contributed by atoms with Gasteiger partial charge in [-0.1, -0.05) is 0 Å². The predicted molar refractivity (Wildman–Crippen MR) is 71.7 cm³/mol. The summed E-state index contributed by atoms with van der Waals surface area (Å²) in [5, 5.41) is 47.5. The lowest BCUT2D eigenvalue weighted by molar-refractivity contribution is -0.159. The minimum absolute atomic E-state index is 0.487. The molecular weight excluding hydrogens is 300 g/mol. The molecule has 0 aromatic rings. The van der Waals surface area contributed by atoms with E-state index in [2.05, 4.69) is 0 Å². The van der Waals surface area contributed by atoms with Gasteiger partial charge in [0.2, 0.25) is 11.8 Å². The Hall–Kier alpha value is -2.11. The van der Waals surface area contributed by atoms with E-state index in [9.17, 15) is 34.8 Å². The van der Waals surface area contributed by atoms with Crippen LogP contribution in [0.3, 0.4) is 0 Å². The number of aliphatic hydroxyl groups excluding tert-OH is 4. The molecule has 0 rings (SSSR count). The van der Waals surface area contributed by atoms with Crippen LogP contribution in [0.5, 0.6) is 0 Å². The van der Waals surface area contributed by atoms with E-state index in [1.807, 2.05) is 0 Å². The fraction of sp³-hybridized carbons (Fsp3) is 0.417. The molecule has 0 saturated carbocycles. The Morgan fingerprint density at radius 2 is 1.50 bits per heavy atom. The van der Waals surface area contributed by atoms with Crippen molar-refractivity contribution in [2.45, 2.75) is 23.9 Å². The minimum Gasteiger partial charge on any atom is -0.394 e. The summed E-state index contributed by atoms with van der Waals surface area (Å²) in [7, 11) is 0. The number of hydrogen-bond acceptors (Lipinski definition) is 8. The van der Waals surface area contributed by atoms with E-state index in [0.717, 1.165) is 0 Å². The Kier molecular flexibility index (Phi) is 7.56. The molecule has 0 radical (unpaired) electrons. The summed E-state index contributed by atoms with van der Waals surface area (Å²) < 4.78 is 0. The fourth-order valence-corrected chi connectivity index (χ4v) is 1.41. The van der Waals surface area contributed by atoms with Crippen LogP contribution in [0.2, 0.25) is 0 Å². The summed E-state index contributed by atoms with van der Waals surface area (Å²) in [5.74, 6) is -3.42. The topological polar surface area (TPSA) is 204 Å². The van der Waals surface area contributed by atoms with Gasteiger partial charge in [0, 0.05) is 12.2 Å². The third kappa shape index (κ3) is 5.35. The van der Waals surface area contributed by atoms with E-state index < -0.39 is 48.1 Å². The molecule has 0 aromatic carbocycles. The van der Waals surface area contributed by atoms with Crippen LogP contribution in [-0.4, -0.2) is 73.7 Å². The zero-order valence-corrected chi connectivity index (χ0v) is 11.4. The van der Waals surface area contributed by atoms with Crippen LogP contribution in [0.4, 0.5) is 0 Å². The number of ketones is 1. The number of primary amides is 2. The highest BCUT2D eigenvalue weighted by Gasteiger charge is 2.45. The molecule has 4 atom stereocenters. The normalized spacial score (nSPS) is 18.8. The summed E-state index contributed by atoms with van der Waals surface area (Å²) in [6, 6.07) is 0. The summed E-state index contributed by atoms with van der Waals surface area (Å²) in [4.78, 5) is 33.2. The second kappa shape index (κ2) is 8.36. The number of hydrogen-bond donors (Lipinski definition) is 7. The maximum atomic E-state index is 11.9. The van der Waals surface area contributed by atoms with Gasteiger partial charge >= 0.3 is 0 Å². The number of carbonyl (C=O) groups excluding carboxylic acids is 3. The van der Waals surface area contributed by atoms with E-state index in [1.54, 1.807) is 0 Å². The van der Waals surface area contributed by atoms with Gasteiger partial charge in [-0.3, -0.25) is 14.4 Å². The molecule has 0 bridgehead atoms. The van der Waals surface area contributed by atoms with Crippen molar-refractivity contribution < 1.29 is 39.9 Å². The van der Waals surface area contributed by atoms with Gasteiger partial charge in [-0.2, -0.15) is 0 Å². The SMILES string of the molecule is NC(=O)C=CC(=O)[C@@](O)(C=CC(N)=O)[C@@H](O)[C@H](O)[C@H](O)CO. The average Bonchev–Trinajstić information content (AvgIpc) is 2.47. The van der Waals surface area contributed by atoms with Gasteiger partial charge in [0.1, 0.15) is 18.3 Å². The molecule has 9 N–H and O–H groups in total. The van der Waals surface area contributed by atoms with Crippen molar-refractivity contribution >= 4 is 17.6 Å². The number of nitrogens with two attached hydrogens (primary N) is 2. The molecular formula is C12H18N2O8. The molecule has 0 spiro atoms. The monoisotopic (exact) mass is 318 g/mol. The lowest BCUT2D eigenvalue weighted by Gasteiger charge is -2.32. The molecule has 10 heteroatoms. The number of rotatable bonds is 9. The summed E-state index contributed by atoms with van der Waals surface area (Å²) in [6.07, 6.45) is -4.25. The quantitative estimate of drug-likeness (QED) is 0.206. The van der Waals surface area contributed by atoms with E-state index in [-0.39, 0.29) is 0 Å². The Balaban J connectivity index is 5.64. The maximum absolute atomic E-state index is 11.9. The molecule has 0 aliphatic heterocycles. The van der Waals surface area contributed by atoms with Crippen LogP contribution in [0, 0.1) is 0 Å². The molecule has 0 fully saturated rings. The summed E-state index contributed by atoms with van der Waals surface area (Å²) in [6.45, 7) is -0.973. The lowest BCUT2D eigenvalue weighted by atomic mass is 9.85.